The van der Waals surface area contributed by atoms with Gasteiger partial charge in [0, 0.05) is 17.7 Å². The second-order valence-corrected chi connectivity index (χ2v) is 5.24. The third kappa shape index (κ3) is 4.32. The molecule has 0 saturated heterocycles. The molecule has 2 aromatic rings. The summed E-state index contributed by atoms with van der Waals surface area (Å²) in [5.41, 5.74) is 0.323. The average Bonchev–Trinajstić information content (AvgIpc) is 2.49. The van der Waals surface area contributed by atoms with Crippen LogP contribution in [0, 0.1) is 17.5 Å². The minimum Gasteiger partial charge on any atom is -0.322 e. The molecule has 1 amide bonds. The molecule has 2 aromatic carbocycles. The summed E-state index contributed by atoms with van der Waals surface area (Å²) in [6, 6.07) is 7.86. The molecule has 0 radical (unpaired) electrons. The van der Waals surface area contributed by atoms with Crippen LogP contribution in [0.25, 0.3) is 0 Å². The normalized spacial score (nSPS) is 13.4. The molecule has 0 aliphatic rings. The molecule has 3 nitrogen and oxygen atoms in total. The quantitative estimate of drug-likeness (QED) is 0.879. The molecule has 0 aliphatic heterocycles. The van der Waals surface area contributed by atoms with Crippen LogP contribution in [0.15, 0.2) is 42.5 Å². The number of benzene rings is 2. The zero-order valence-electron chi connectivity index (χ0n) is 12.7. The number of hydrogen-bond donors (Lipinski definition) is 2. The van der Waals surface area contributed by atoms with Crippen LogP contribution in [0.1, 0.15) is 25.5 Å². The van der Waals surface area contributed by atoms with Crippen LogP contribution in [-0.4, -0.2) is 11.9 Å². The van der Waals surface area contributed by atoms with E-state index in [1.807, 2.05) is 0 Å². The molecule has 122 valence electrons. The van der Waals surface area contributed by atoms with E-state index in [2.05, 4.69) is 10.6 Å². The first kappa shape index (κ1) is 17.0. The van der Waals surface area contributed by atoms with Crippen LogP contribution >= 0.6 is 0 Å². The van der Waals surface area contributed by atoms with E-state index in [0.29, 0.717) is 0 Å². The maximum Gasteiger partial charge on any atom is 0.241 e. The molecular formula is C17H17F3N2O. The number of hydrogen-bond acceptors (Lipinski definition) is 2. The molecule has 0 heterocycles. The van der Waals surface area contributed by atoms with E-state index >= 15 is 0 Å². The van der Waals surface area contributed by atoms with Crippen LogP contribution in [0.2, 0.25) is 0 Å². The van der Waals surface area contributed by atoms with Crippen molar-refractivity contribution in [2.45, 2.75) is 25.9 Å². The maximum absolute atomic E-state index is 13.7. The summed E-state index contributed by atoms with van der Waals surface area (Å²) in [5, 5.41) is 5.36. The van der Waals surface area contributed by atoms with Crippen molar-refractivity contribution in [3.05, 3.63) is 65.5 Å². The Morgan fingerprint density at radius 2 is 1.70 bits per heavy atom. The monoisotopic (exact) mass is 322 g/mol. The second-order valence-electron chi connectivity index (χ2n) is 5.24. The fourth-order valence-electron chi connectivity index (χ4n) is 2.20. The predicted octanol–water partition coefficient (Wildman–Crippen LogP) is 3.78. The highest BCUT2D eigenvalue weighted by Gasteiger charge is 2.19. The highest BCUT2D eigenvalue weighted by Crippen LogP contribution is 2.19. The third-order valence-electron chi connectivity index (χ3n) is 3.45. The molecule has 0 unspecified atom stereocenters. The molecule has 0 aromatic heterocycles. The van der Waals surface area contributed by atoms with Crippen LogP contribution < -0.4 is 10.6 Å². The third-order valence-corrected chi connectivity index (χ3v) is 3.45. The van der Waals surface area contributed by atoms with E-state index < -0.39 is 35.4 Å². The fraction of sp³-hybridized carbons (Fsp3) is 0.235. The van der Waals surface area contributed by atoms with Gasteiger partial charge >= 0.3 is 0 Å². The summed E-state index contributed by atoms with van der Waals surface area (Å²) in [6.45, 7) is 3.23. The molecule has 0 fully saturated rings. The van der Waals surface area contributed by atoms with Gasteiger partial charge in [0.25, 0.3) is 0 Å². The van der Waals surface area contributed by atoms with Gasteiger partial charge in [-0.1, -0.05) is 18.2 Å². The van der Waals surface area contributed by atoms with Crippen LogP contribution in [0.3, 0.4) is 0 Å². The lowest BCUT2D eigenvalue weighted by atomic mass is 10.1. The first-order valence-corrected chi connectivity index (χ1v) is 7.15. The van der Waals surface area contributed by atoms with Crippen LogP contribution in [0.5, 0.6) is 0 Å². The van der Waals surface area contributed by atoms with Crippen molar-refractivity contribution in [2.24, 2.45) is 0 Å². The highest BCUT2D eigenvalue weighted by atomic mass is 19.1. The lowest BCUT2D eigenvalue weighted by molar-refractivity contribution is -0.118. The summed E-state index contributed by atoms with van der Waals surface area (Å²) in [6.07, 6.45) is 0. The zero-order valence-corrected chi connectivity index (χ0v) is 12.7. The van der Waals surface area contributed by atoms with Crippen molar-refractivity contribution < 1.29 is 18.0 Å². The van der Waals surface area contributed by atoms with Gasteiger partial charge in [-0.15, -0.1) is 0 Å². The van der Waals surface area contributed by atoms with Gasteiger partial charge in [0.15, 0.2) is 0 Å². The number of rotatable bonds is 5. The number of halogens is 3. The van der Waals surface area contributed by atoms with Crippen LogP contribution in [0.4, 0.5) is 18.9 Å². The van der Waals surface area contributed by atoms with E-state index in [4.69, 9.17) is 0 Å². The molecule has 2 N–H and O–H groups in total. The Labute approximate surface area is 132 Å². The van der Waals surface area contributed by atoms with Gasteiger partial charge in [-0.3, -0.25) is 10.1 Å². The standard InChI is InChI=1S/C17H17F3N2O/c1-10(13-8-7-12(18)9-15(13)20)21-11(2)17(23)22-16-6-4-3-5-14(16)19/h3-11,21H,1-2H3,(H,22,23)/t10-,11+/m1/s1. The van der Waals surface area contributed by atoms with Gasteiger partial charge in [0.1, 0.15) is 17.5 Å². The van der Waals surface area contributed by atoms with E-state index in [0.717, 1.165) is 12.1 Å². The Morgan fingerprint density at radius 1 is 1.00 bits per heavy atom. The summed E-state index contributed by atoms with van der Waals surface area (Å²) < 4.78 is 40.2. The topological polar surface area (TPSA) is 41.1 Å². The Balaban J connectivity index is 2.01. The highest BCUT2D eigenvalue weighted by molar-refractivity contribution is 5.94. The van der Waals surface area contributed by atoms with Gasteiger partial charge < -0.3 is 5.32 Å². The summed E-state index contributed by atoms with van der Waals surface area (Å²) in [4.78, 5) is 12.1. The number of para-hydroxylation sites is 1. The minimum atomic E-state index is -0.700. The van der Waals surface area contributed by atoms with Crippen molar-refractivity contribution in [2.75, 3.05) is 5.32 Å². The van der Waals surface area contributed by atoms with Crippen LogP contribution in [-0.2, 0) is 4.79 Å². The number of amides is 1. The predicted molar refractivity (Wildman–Crippen MR) is 82.4 cm³/mol. The van der Waals surface area contributed by atoms with Gasteiger partial charge in [-0.2, -0.15) is 0 Å². The molecule has 2 atom stereocenters. The first-order valence-electron chi connectivity index (χ1n) is 7.15. The van der Waals surface area contributed by atoms with E-state index in [1.165, 1.54) is 24.3 Å². The number of anilines is 1. The lowest BCUT2D eigenvalue weighted by Crippen LogP contribution is -2.39. The van der Waals surface area contributed by atoms with Gasteiger partial charge in [0.2, 0.25) is 5.91 Å². The average molecular weight is 322 g/mol. The lowest BCUT2D eigenvalue weighted by Gasteiger charge is -2.20. The van der Waals surface area contributed by atoms with Crippen molar-refractivity contribution >= 4 is 11.6 Å². The Kier molecular flexibility index (Phi) is 5.39. The Hall–Kier alpha value is -2.34. The van der Waals surface area contributed by atoms with Crippen molar-refractivity contribution in [3.63, 3.8) is 0 Å². The second kappa shape index (κ2) is 7.28. The molecule has 23 heavy (non-hydrogen) atoms. The van der Waals surface area contributed by atoms with Gasteiger partial charge in [-0.25, -0.2) is 13.2 Å². The summed E-state index contributed by atoms with van der Waals surface area (Å²) >= 11 is 0. The van der Waals surface area contributed by atoms with Gasteiger partial charge in [-0.05, 0) is 32.0 Å². The van der Waals surface area contributed by atoms with E-state index in [-0.39, 0.29) is 11.3 Å². The largest absolute Gasteiger partial charge is 0.322 e. The van der Waals surface area contributed by atoms with Crippen molar-refractivity contribution in [1.82, 2.24) is 5.32 Å². The smallest absolute Gasteiger partial charge is 0.241 e. The number of carbonyl (C=O) groups excluding carboxylic acids is 1. The van der Waals surface area contributed by atoms with Crippen molar-refractivity contribution in [1.29, 1.82) is 0 Å². The van der Waals surface area contributed by atoms with E-state index in [1.54, 1.807) is 19.9 Å². The molecule has 0 saturated carbocycles. The molecule has 2 rings (SSSR count). The van der Waals surface area contributed by atoms with E-state index in [9.17, 15) is 18.0 Å². The molecular weight excluding hydrogens is 305 g/mol. The number of carbonyl (C=O) groups is 1. The minimum absolute atomic E-state index is 0.0757. The Morgan fingerprint density at radius 3 is 2.35 bits per heavy atom. The molecule has 0 spiro atoms. The summed E-state index contributed by atoms with van der Waals surface area (Å²) in [5.74, 6) is -2.34. The first-order chi connectivity index (χ1) is 10.9. The SMILES string of the molecule is C[C@H](N[C@H](C)c1ccc(F)cc1F)C(=O)Nc1ccccc1F. The Bertz CT molecular complexity index is 706. The zero-order chi connectivity index (χ0) is 17.0. The molecule has 6 heteroatoms. The van der Waals surface area contributed by atoms with Gasteiger partial charge in [0.05, 0.1) is 11.7 Å². The molecule has 0 bridgehead atoms. The summed E-state index contributed by atoms with van der Waals surface area (Å²) in [7, 11) is 0. The maximum atomic E-state index is 13.7. The van der Waals surface area contributed by atoms with Crippen molar-refractivity contribution in [3.8, 4) is 0 Å². The number of nitrogens with one attached hydrogen (secondary N) is 2. The molecule has 0 aliphatic carbocycles. The fourth-order valence-corrected chi connectivity index (χ4v) is 2.20.